The lowest BCUT2D eigenvalue weighted by atomic mass is 10.1. The molecule has 0 radical (unpaired) electrons. The number of thiazole rings is 1. The molecule has 0 saturated carbocycles. The van der Waals surface area contributed by atoms with Crippen molar-refractivity contribution in [2.45, 2.75) is 27.2 Å². The molecule has 2 aromatic rings. The molecule has 0 fully saturated rings. The lowest BCUT2D eigenvalue weighted by Crippen LogP contribution is -2.34. The monoisotopic (exact) mass is 348 g/mol. The first-order valence-electron chi connectivity index (χ1n) is 8.04. The number of aromatic nitrogens is 1. The first-order chi connectivity index (χ1) is 11.5. The highest BCUT2D eigenvalue weighted by Gasteiger charge is 2.22. The molecule has 0 bridgehead atoms. The molecule has 1 aromatic heterocycles. The van der Waals surface area contributed by atoms with Crippen LogP contribution in [0.15, 0.2) is 18.2 Å². The van der Waals surface area contributed by atoms with Crippen LogP contribution in [-0.2, 0) is 0 Å². The summed E-state index contributed by atoms with van der Waals surface area (Å²) < 4.78 is 0. The maximum Gasteiger partial charge on any atom is 0.265 e. The van der Waals surface area contributed by atoms with Gasteiger partial charge in [-0.1, -0.05) is 23.8 Å². The van der Waals surface area contributed by atoms with Gasteiger partial charge in [-0.2, -0.15) is 0 Å². The molecule has 1 amide bonds. The number of carbonyl (C=O) groups is 1. The molecular formula is C18H24N2O3S. The molecule has 130 valence electrons. The molecule has 5 nitrogen and oxygen atoms in total. The number of aliphatic hydroxyl groups is 2. The van der Waals surface area contributed by atoms with Crippen LogP contribution in [0.2, 0.25) is 0 Å². The predicted octanol–water partition coefficient (Wildman–Crippen LogP) is 2.55. The lowest BCUT2D eigenvalue weighted by molar-refractivity contribution is 0.0714. The summed E-state index contributed by atoms with van der Waals surface area (Å²) in [6.07, 6.45) is 0.494. The average molecular weight is 348 g/mol. The average Bonchev–Trinajstić information content (AvgIpc) is 2.92. The van der Waals surface area contributed by atoms with Crippen LogP contribution in [-0.4, -0.2) is 52.3 Å². The van der Waals surface area contributed by atoms with Crippen LogP contribution < -0.4 is 0 Å². The first kappa shape index (κ1) is 18.6. The maximum absolute atomic E-state index is 12.7. The van der Waals surface area contributed by atoms with Gasteiger partial charge in [0.15, 0.2) is 0 Å². The van der Waals surface area contributed by atoms with Gasteiger partial charge in [-0.15, -0.1) is 11.3 Å². The molecule has 0 aliphatic heterocycles. The van der Waals surface area contributed by atoms with Gasteiger partial charge in [-0.05, 0) is 32.8 Å². The molecule has 0 saturated heterocycles. The molecule has 0 aliphatic rings. The predicted molar refractivity (Wildman–Crippen MR) is 96.5 cm³/mol. The van der Waals surface area contributed by atoms with E-state index >= 15 is 0 Å². The number of amides is 1. The molecule has 0 aliphatic carbocycles. The van der Waals surface area contributed by atoms with Crippen LogP contribution >= 0.6 is 11.3 Å². The van der Waals surface area contributed by atoms with E-state index in [-0.39, 0.29) is 25.7 Å². The summed E-state index contributed by atoms with van der Waals surface area (Å²) in [7, 11) is 0. The lowest BCUT2D eigenvalue weighted by Gasteiger charge is -2.20. The third-order valence-corrected chi connectivity index (χ3v) is 5.03. The zero-order valence-corrected chi connectivity index (χ0v) is 15.2. The number of hydrogen-bond donors (Lipinski definition) is 2. The van der Waals surface area contributed by atoms with E-state index in [1.165, 1.54) is 16.9 Å². The van der Waals surface area contributed by atoms with Gasteiger partial charge in [-0.25, -0.2) is 4.98 Å². The number of rotatable bonds is 7. The number of aryl methyl sites for hydroxylation is 3. The second-order valence-corrected chi connectivity index (χ2v) is 6.84. The van der Waals surface area contributed by atoms with E-state index in [1.807, 2.05) is 32.9 Å². The number of carbonyl (C=O) groups excluding carboxylic acids is 1. The normalized spacial score (nSPS) is 10.9. The summed E-state index contributed by atoms with van der Waals surface area (Å²) in [6.45, 7) is 6.53. The molecule has 1 aromatic carbocycles. The standard InChI is InChI=1S/C18H24N2O3S/c1-12-5-6-15(13(2)11-12)17-19-14(3)16(24-17)18(23)20(8-10-22)7-4-9-21/h5-6,11,21-22H,4,7-10H2,1-3H3. The highest BCUT2D eigenvalue weighted by molar-refractivity contribution is 7.17. The van der Waals surface area contributed by atoms with Crippen molar-refractivity contribution in [2.75, 3.05) is 26.3 Å². The SMILES string of the molecule is Cc1ccc(-c2nc(C)c(C(=O)N(CCO)CCCO)s2)c(C)c1. The van der Waals surface area contributed by atoms with E-state index in [4.69, 9.17) is 5.11 Å². The quantitative estimate of drug-likeness (QED) is 0.806. The maximum atomic E-state index is 12.7. The number of aliphatic hydroxyl groups excluding tert-OH is 2. The van der Waals surface area contributed by atoms with Gasteiger partial charge in [0.2, 0.25) is 0 Å². The van der Waals surface area contributed by atoms with E-state index in [0.717, 1.165) is 16.1 Å². The van der Waals surface area contributed by atoms with Crippen molar-refractivity contribution in [1.82, 2.24) is 9.88 Å². The molecular weight excluding hydrogens is 324 g/mol. The smallest absolute Gasteiger partial charge is 0.265 e. The Morgan fingerprint density at radius 1 is 1.17 bits per heavy atom. The number of hydrogen-bond acceptors (Lipinski definition) is 5. The zero-order chi connectivity index (χ0) is 17.7. The minimum Gasteiger partial charge on any atom is -0.396 e. The summed E-state index contributed by atoms with van der Waals surface area (Å²) in [4.78, 5) is 19.5. The summed E-state index contributed by atoms with van der Waals surface area (Å²) in [5.74, 6) is -0.136. The van der Waals surface area contributed by atoms with E-state index in [1.54, 1.807) is 4.90 Å². The molecule has 1 heterocycles. The van der Waals surface area contributed by atoms with E-state index < -0.39 is 0 Å². The Kier molecular flexibility index (Phi) is 6.48. The largest absolute Gasteiger partial charge is 0.396 e. The Morgan fingerprint density at radius 3 is 2.54 bits per heavy atom. The minimum atomic E-state index is -0.136. The van der Waals surface area contributed by atoms with Crippen LogP contribution in [0.4, 0.5) is 0 Å². The Bertz CT molecular complexity index is 712. The summed E-state index contributed by atoms with van der Waals surface area (Å²) in [5.41, 5.74) is 4.07. The summed E-state index contributed by atoms with van der Waals surface area (Å²) in [5, 5.41) is 19.0. The van der Waals surface area contributed by atoms with Crippen LogP contribution in [0, 0.1) is 20.8 Å². The second-order valence-electron chi connectivity index (χ2n) is 5.84. The molecule has 24 heavy (non-hydrogen) atoms. The van der Waals surface area contributed by atoms with Crippen LogP contribution in [0.1, 0.15) is 32.9 Å². The van der Waals surface area contributed by atoms with E-state index in [9.17, 15) is 9.90 Å². The molecule has 0 spiro atoms. The van der Waals surface area contributed by atoms with Gasteiger partial charge < -0.3 is 15.1 Å². The third kappa shape index (κ3) is 4.20. The van der Waals surface area contributed by atoms with Crippen molar-refractivity contribution in [1.29, 1.82) is 0 Å². The van der Waals surface area contributed by atoms with Gasteiger partial charge in [0.25, 0.3) is 5.91 Å². The Hall–Kier alpha value is -1.76. The number of nitrogens with zero attached hydrogens (tertiary/aromatic N) is 2. The second kappa shape index (κ2) is 8.37. The Labute approximate surface area is 146 Å². The minimum absolute atomic E-state index is 0.0185. The highest BCUT2D eigenvalue weighted by Crippen LogP contribution is 2.31. The topological polar surface area (TPSA) is 73.7 Å². The summed E-state index contributed by atoms with van der Waals surface area (Å²) in [6, 6.07) is 6.18. The van der Waals surface area contributed by atoms with Crippen molar-refractivity contribution < 1.29 is 15.0 Å². The third-order valence-electron chi connectivity index (χ3n) is 3.85. The molecule has 2 rings (SSSR count). The van der Waals surface area contributed by atoms with Gasteiger partial charge >= 0.3 is 0 Å². The van der Waals surface area contributed by atoms with Gasteiger partial charge in [0.1, 0.15) is 9.88 Å². The highest BCUT2D eigenvalue weighted by atomic mass is 32.1. The van der Waals surface area contributed by atoms with Gasteiger partial charge in [-0.3, -0.25) is 4.79 Å². The van der Waals surface area contributed by atoms with Gasteiger partial charge in [0, 0.05) is 25.3 Å². The van der Waals surface area contributed by atoms with Crippen LogP contribution in [0.5, 0.6) is 0 Å². The van der Waals surface area contributed by atoms with Crippen LogP contribution in [0.3, 0.4) is 0 Å². The fourth-order valence-corrected chi connectivity index (χ4v) is 3.73. The first-order valence-corrected chi connectivity index (χ1v) is 8.85. The van der Waals surface area contributed by atoms with E-state index in [2.05, 4.69) is 11.1 Å². The van der Waals surface area contributed by atoms with Gasteiger partial charge in [0.05, 0.1) is 12.3 Å². The van der Waals surface area contributed by atoms with Crippen LogP contribution in [0.25, 0.3) is 10.6 Å². The number of benzene rings is 1. The fraction of sp³-hybridized carbons (Fsp3) is 0.444. The fourth-order valence-electron chi connectivity index (χ4n) is 2.60. The van der Waals surface area contributed by atoms with E-state index in [0.29, 0.717) is 23.5 Å². The molecule has 6 heteroatoms. The van der Waals surface area contributed by atoms with Crippen molar-refractivity contribution in [3.63, 3.8) is 0 Å². The molecule has 2 N–H and O–H groups in total. The van der Waals surface area contributed by atoms with Crippen molar-refractivity contribution in [3.8, 4) is 10.6 Å². The Balaban J connectivity index is 2.31. The molecule has 0 unspecified atom stereocenters. The molecule has 0 atom stereocenters. The van der Waals surface area contributed by atoms with Crippen molar-refractivity contribution >= 4 is 17.2 Å². The summed E-state index contributed by atoms with van der Waals surface area (Å²) >= 11 is 1.38. The zero-order valence-electron chi connectivity index (χ0n) is 14.4. The van der Waals surface area contributed by atoms with Crippen molar-refractivity contribution in [3.05, 3.63) is 39.9 Å². The van der Waals surface area contributed by atoms with Crippen molar-refractivity contribution in [2.24, 2.45) is 0 Å². The Morgan fingerprint density at radius 2 is 1.92 bits per heavy atom.